The summed E-state index contributed by atoms with van der Waals surface area (Å²) in [6.07, 6.45) is 6.58. The molecular formula is C17H27ClN2O2. The number of nitrogens with two attached hydrogens (primary N) is 1. The summed E-state index contributed by atoms with van der Waals surface area (Å²) in [5.41, 5.74) is 5.95. The van der Waals surface area contributed by atoms with E-state index in [-0.39, 0.29) is 18.3 Å². The van der Waals surface area contributed by atoms with E-state index >= 15 is 0 Å². The topological polar surface area (TPSA) is 64.4 Å². The third kappa shape index (κ3) is 5.18. The van der Waals surface area contributed by atoms with Gasteiger partial charge in [0.15, 0.2) is 0 Å². The third-order valence-corrected chi connectivity index (χ3v) is 3.98. The molecule has 4 nitrogen and oxygen atoms in total. The Bertz CT molecular complexity index is 485. The number of carbonyl (C=O) groups is 1. The molecule has 0 aliphatic heterocycles. The molecule has 3 N–H and O–H groups in total. The Morgan fingerprint density at radius 1 is 1.41 bits per heavy atom. The minimum atomic E-state index is -0.836. The van der Waals surface area contributed by atoms with Gasteiger partial charge in [0.1, 0.15) is 5.75 Å². The molecule has 1 atom stereocenters. The molecule has 22 heavy (non-hydrogen) atoms. The Hall–Kier alpha value is -1.26. The predicted molar refractivity (Wildman–Crippen MR) is 92.7 cm³/mol. The monoisotopic (exact) mass is 326 g/mol. The number of halogens is 1. The van der Waals surface area contributed by atoms with E-state index in [1.807, 2.05) is 31.2 Å². The van der Waals surface area contributed by atoms with Crippen LogP contribution in [0, 0.1) is 0 Å². The quantitative estimate of drug-likeness (QED) is 0.833. The van der Waals surface area contributed by atoms with E-state index in [0.717, 1.165) is 30.7 Å². The van der Waals surface area contributed by atoms with E-state index < -0.39 is 5.54 Å². The standard InChI is InChI=1S/C17H26N2O2.ClH/c1-3-11-17(2,18)16(20)19-13-7-6-10-15(12-13)21-14-8-4-5-9-14;/h6-7,10,12,14H,3-5,8-9,11,18H2,1-2H3,(H,19,20);1H. The number of anilines is 1. The van der Waals surface area contributed by atoms with Crippen LogP contribution in [0.4, 0.5) is 5.69 Å². The van der Waals surface area contributed by atoms with Gasteiger partial charge in [-0.05, 0) is 51.2 Å². The molecular weight excluding hydrogens is 300 g/mol. The fraction of sp³-hybridized carbons (Fsp3) is 0.588. The first-order valence-corrected chi connectivity index (χ1v) is 7.88. The van der Waals surface area contributed by atoms with Crippen molar-refractivity contribution in [1.29, 1.82) is 0 Å². The van der Waals surface area contributed by atoms with Crippen molar-refractivity contribution in [2.75, 3.05) is 5.32 Å². The van der Waals surface area contributed by atoms with Gasteiger partial charge in [-0.3, -0.25) is 4.79 Å². The van der Waals surface area contributed by atoms with E-state index in [4.69, 9.17) is 10.5 Å². The maximum atomic E-state index is 12.2. The maximum Gasteiger partial charge on any atom is 0.244 e. The third-order valence-electron chi connectivity index (χ3n) is 3.98. The number of hydrogen-bond acceptors (Lipinski definition) is 3. The molecule has 0 spiro atoms. The van der Waals surface area contributed by atoms with E-state index in [1.165, 1.54) is 12.8 Å². The van der Waals surface area contributed by atoms with Gasteiger partial charge in [0.2, 0.25) is 5.91 Å². The van der Waals surface area contributed by atoms with Crippen LogP contribution in [0.1, 0.15) is 52.4 Å². The maximum absolute atomic E-state index is 12.2. The fourth-order valence-corrected chi connectivity index (χ4v) is 2.75. The lowest BCUT2D eigenvalue weighted by Crippen LogP contribution is -2.48. The Morgan fingerprint density at radius 2 is 2.09 bits per heavy atom. The van der Waals surface area contributed by atoms with Crippen molar-refractivity contribution in [3.05, 3.63) is 24.3 Å². The van der Waals surface area contributed by atoms with Crippen molar-refractivity contribution >= 4 is 24.0 Å². The van der Waals surface area contributed by atoms with Gasteiger partial charge in [-0.1, -0.05) is 19.4 Å². The van der Waals surface area contributed by atoms with Gasteiger partial charge in [0.05, 0.1) is 11.6 Å². The smallest absolute Gasteiger partial charge is 0.244 e. The average Bonchev–Trinajstić information content (AvgIpc) is 2.92. The summed E-state index contributed by atoms with van der Waals surface area (Å²) in [5.74, 6) is 0.663. The van der Waals surface area contributed by atoms with E-state index in [2.05, 4.69) is 5.32 Å². The van der Waals surface area contributed by atoms with Crippen LogP contribution in [-0.2, 0) is 4.79 Å². The van der Waals surface area contributed by atoms with Crippen LogP contribution in [0.15, 0.2) is 24.3 Å². The number of nitrogens with one attached hydrogen (secondary N) is 1. The van der Waals surface area contributed by atoms with Crippen LogP contribution >= 0.6 is 12.4 Å². The van der Waals surface area contributed by atoms with Crippen molar-refractivity contribution in [2.24, 2.45) is 5.73 Å². The molecule has 1 amide bonds. The summed E-state index contributed by atoms with van der Waals surface area (Å²) < 4.78 is 5.95. The normalized spacial score (nSPS) is 17.4. The van der Waals surface area contributed by atoms with E-state index in [9.17, 15) is 4.79 Å². The van der Waals surface area contributed by atoms with E-state index in [0.29, 0.717) is 12.5 Å². The Labute approximate surface area is 139 Å². The molecule has 1 unspecified atom stereocenters. The molecule has 1 aromatic carbocycles. The first kappa shape index (κ1) is 18.8. The molecule has 124 valence electrons. The molecule has 0 saturated heterocycles. The minimum absolute atomic E-state index is 0. The van der Waals surface area contributed by atoms with Gasteiger partial charge >= 0.3 is 0 Å². The minimum Gasteiger partial charge on any atom is -0.490 e. The Morgan fingerprint density at radius 3 is 2.73 bits per heavy atom. The summed E-state index contributed by atoms with van der Waals surface area (Å²) in [5, 5.41) is 2.89. The van der Waals surface area contributed by atoms with Crippen LogP contribution in [0.3, 0.4) is 0 Å². The molecule has 5 heteroatoms. The lowest BCUT2D eigenvalue weighted by molar-refractivity contribution is -0.120. The molecule has 2 rings (SSSR count). The van der Waals surface area contributed by atoms with Crippen LogP contribution < -0.4 is 15.8 Å². The SMILES string of the molecule is CCCC(C)(N)C(=O)Nc1cccc(OC2CCCC2)c1.Cl. The van der Waals surface area contributed by atoms with Crippen molar-refractivity contribution in [1.82, 2.24) is 0 Å². The molecule has 1 saturated carbocycles. The fourth-order valence-electron chi connectivity index (χ4n) is 2.75. The van der Waals surface area contributed by atoms with Crippen molar-refractivity contribution < 1.29 is 9.53 Å². The summed E-state index contributed by atoms with van der Waals surface area (Å²) in [6, 6.07) is 7.56. The van der Waals surface area contributed by atoms with Crippen LogP contribution in [0.2, 0.25) is 0 Å². The second kappa shape index (κ2) is 8.39. The largest absolute Gasteiger partial charge is 0.490 e. The number of carbonyl (C=O) groups excluding carboxylic acids is 1. The van der Waals surface area contributed by atoms with Gasteiger partial charge in [0.25, 0.3) is 0 Å². The molecule has 0 heterocycles. The van der Waals surface area contributed by atoms with Gasteiger partial charge in [-0.2, -0.15) is 0 Å². The van der Waals surface area contributed by atoms with Crippen molar-refractivity contribution in [2.45, 2.75) is 64.0 Å². The molecule has 1 aliphatic rings. The summed E-state index contributed by atoms with van der Waals surface area (Å²) in [7, 11) is 0. The lowest BCUT2D eigenvalue weighted by Gasteiger charge is -2.23. The number of benzene rings is 1. The number of rotatable bonds is 6. The Kier molecular flexibility index (Phi) is 7.17. The van der Waals surface area contributed by atoms with Gasteiger partial charge in [-0.15, -0.1) is 12.4 Å². The molecule has 0 aromatic heterocycles. The zero-order valence-corrected chi connectivity index (χ0v) is 14.2. The number of ether oxygens (including phenoxy) is 1. The average molecular weight is 327 g/mol. The number of hydrogen-bond donors (Lipinski definition) is 2. The molecule has 1 fully saturated rings. The van der Waals surface area contributed by atoms with Crippen molar-refractivity contribution in [3.8, 4) is 5.75 Å². The highest BCUT2D eigenvalue weighted by atomic mass is 35.5. The molecule has 1 aromatic rings. The van der Waals surface area contributed by atoms with Crippen LogP contribution in [-0.4, -0.2) is 17.6 Å². The van der Waals surface area contributed by atoms with Crippen molar-refractivity contribution in [3.63, 3.8) is 0 Å². The summed E-state index contributed by atoms with van der Waals surface area (Å²) in [6.45, 7) is 3.79. The summed E-state index contributed by atoms with van der Waals surface area (Å²) in [4.78, 5) is 12.2. The van der Waals surface area contributed by atoms with E-state index in [1.54, 1.807) is 6.92 Å². The van der Waals surface area contributed by atoms with Gasteiger partial charge in [0, 0.05) is 11.8 Å². The highest BCUT2D eigenvalue weighted by molar-refractivity contribution is 5.97. The van der Waals surface area contributed by atoms with Gasteiger partial charge in [-0.25, -0.2) is 0 Å². The predicted octanol–water partition coefficient (Wildman–Crippen LogP) is 3.89. The zero-order valence-electron chi connectivity index (χ0n) is 13.4. The lowest BCUT2D eigenvalue weighted by atomic mass is 9.96. The first-order valence-electron chi connectivity index (χ1n) is 7.88. The second-order valence-electron chi connectivity index (χ2n) is 6.17. The zero-order chi connectivity index (χ0) is 15.3. The molecule has 0 bridgehead atoms. The van der Waals surface area contributed by atoms with Crippen LogP contribution in [0.5, 0.6) is 5.75 Å². The summed E-state index contributed by atoms with van der Waals surface area (Å²) >= 11 is 0. The molecule has 1 aliphatic carbocycles. The highest BCUT2D eigenvalue weighted by Gasteiger charge is 2.27. The number of amides is 1. The van der Waals surface area contributed by atoms with Gasteiger partial charge < -0.3 is 15.8 Å². The van der Waals surface area contributed by atoms with Crippen LogP contribution in [0.25, 0.3) is 0 Å². The highest BCUT2D eigenvalue weighted by Crippen LogP contribution is 2.26. The Balaban J connectivity index is 0.00000242. The molecule has 0 radical (unpaired) electrons. The second-order valence-corrected chi connectivity index (χ2v) is 6.17. The first-order chi connectivity index (χ1) is 10.0.